The van der Waals surface area contributed by atoms with Crippen molar-refractivity contribution in [2.45, 2.75) is 0 Å². The number of pyridine rings is 3. The van der Waals surface area contributed by atoms with Crippen molar-refractivity contribution in [2.75, 3.05) is 0 Å². The van der Waals surface area contributed by atoms with Gasteiger partial charge >= 0.3 is 0 Å². The minimum Gasteiger partial charge on any atom is -0.298 e. The predicted molar refractivity (Wildman–Crippen MR) is 177 cm³/mol. The highest BCUT2D eigenvalue weighted by molar-refractivity contribution is 6.33. The highest BCUT2D eigenvalue weighted by Gasteiger charge is 2.19. The SMILES string of the molecule is c1ccc(-c2c(-c3ccc(-c4nc5ccccc5c5c6ccccc6c6ccccc6c45)cc3)nc3ccccn23)nc1. The van der Waals surface area contributed by atoms with E-state index in [-0.39, 0.29) is 0 Å². The molecule has 4 nitrogen and oxygen atoms in total. The Morgan fingerprint density at radius 2 is 1.05 bits per heavy atom. The van der Waals surface area contributed by atoms with Gasteiger partial charge in [-0.15, -0.1) is 0 Å². The Kier molecular flexibility index (Phi) is 5.16. The fraction of sp³-hybridized carbons (Fsp3) is 0. The van der Waals surface area contributed by atoms with Crippen LogP contribution >= 0.6 is 0 Å². The van der Waals surface area contributed by atoms with Crippen molar-refractivity contribution in [2.24, 2.45) is 0 Å². The lowest BCUT2D eigenvalue weighted by molar-refractivity contribution is 1.17. The molecular weight excluding hydrogens is 524 g/mol. The summed E-state index contributed by atoms with van der Waals surface area (Å²) in [5.74, 6) is 0. The zero-order chi connectivity index (χ0) is 28.3. The highest BCUT2D eigenvalue weighted by Crippen LogP contribution is 2.43. The van der Waals surface area contributed by atoms with Crippen LogP contribution in [0.4, 0.5) is 0 Å². The summed E-state index contributed by atoms with van der Waals surface area (Å²) in [5.41, 5.74) is 7.76. The van der Waals surface area contributed by atoms with E-state index < -0.39 is 0 Å². The summed E-state index contributed by atoms with van der Waals surface area (Å²) in [4.78, 5) is 15.0. The molecule has 0 amide bonds. The fourth-order valence-electron chi connectivity index (χ4n) is 6.57. The first-order chi connectivity index (χ1) is 21.3. The van der Waals surface area contributed by atoms with Crippen molar-refractivity contribution in [3.05, 3.63) is 146 Å². The van der Waals surface area contributed by atoms with Crippen LogP contribution in [-0.4, -0.2) is 19.4 Å². The zero-order valence-electron chi connectivity index (χ0n) is 23.1. The fourth-order valence-corrected chi connectivity index (χ4v) is 6.57. The molecule has 5 aromatic carbocycles. The minimum absolute atomic E-state index is 0.890. The summed E-state index contributed by atoms with van der Waals surface area (Å²) in [7, 11) is 0. The number of benzene rings is 5. The van der Waals surface area contributed by atoms with E-state index in [9.17, 15) is 0 Å². The zero-order valence-corrected chi connectivity index (χ0v) is 23.1. The normalized spacial score (nSPS) is 11.7. The molecule has 0 N–H and O–H groups in total. The van der Waals surface area contributed by atoms with Crippen LogP contribution in [0.2, 0.25) is 0 Å². The van der Waals surface area contributed by atoms with Crippen LogP contribution < -0.4 is 0 Å². The van der Waals surface area contributed by atoms with Crippen LogP contribution in [0.5, 0.6) is 0 Å². The summed E-state index contributed by atoms with van der Waals surface area (Å²) < 4.78 is 2.11. The second-order valence-corrected chi connectivity index (χ2v) is 10.8. The molecule has 0 aliphatic carbocycles. The summed E-state index contributed by atoms with van der Waals surface area (Å²) >= 11 is 0. The van der Waals surface area contributed by atoms with Crippen LogP contribution in [0.1, 0.15) is 0 Å². The van der Waals surface area contributed by atoms with Crippen molar-refractivity contribution in [1.29, 1.82) is 0 Å². The van der Waals surface area contributed by atoms with Crippen LogP contribution in [-0.2, 0) is 0 Å². The molecular formula is C39H24N4. The van der Waals surface area contributed by atoms with Gasteiger partial charge in [0.15, 0.2) is 0 Å². The minimum atomic E-state index is 0.890. The predicted octanol–water partition coefficient (Wildman–Crippen LogP) is 9.74. The molecule has 0 aliphatic heterocycles. The molecule has 0 unspecified atom stereocenters. The molecule has 0 fully saturated rings. The van der Waals surface area contributed by atoms with Crippen LogP contribution in [0.15, 0.2) is 146 Å². The van der Waals surface area contributed by atoms with Gasteiger partial charge in [-0.2, -0.15) is 0 Å². The van der Waals surface area contributed by atoms with Crippen LogP contribution in [0.25, 0.3) is 82.8 Å². The molecule has 4 heteroatoms. The average Bonchev–Trinajstić information content (AvgIpc) is 3.48. The molecule has 0 spiro atoms. The van der Waals surface area contributed by atoms with E-state index in [1.54, 1.807) is 0 Å². The van der Waals surface area contributed by atoms with E-state index in [4.69, 9.17) is 9.97 Å². The maximum absolute atomic E-state index is 5.30. The smallest absolute Gasteiger partial charge is 0.137 e. The Balaban J connectivity index is 1.32. The number of rotatable bonds is 3. The largest absolute Gasteiger partial charge is 0.298 e. The van der Waals surface area contributed by atoms with Gasteiger partial charge in [-0.3, -0.25) is 9.38 Å². The summed E-state index contributed by atoms with van der Waals surface area (Å²) in [6, 6.07) is 46.7. The third kappa shape index (κ3) is 3.60. The highest BCUT2D eigenvalue weighted by atomic mass is 15.0. The number of fused-ring (bicyclic) bond motifs is 9. The van der Waals surface area contributed by atoms with E-state index in [0.29, 0.717) is 0 Å². The van der Waals surface area contributed by atoms with Gasteiger partial charge in [-0.25, -0.2) is 9.97 Å². The number of nitrogens with zero attached hydrogens (tertiary/aromatic N) is 4. The van der Waals surface area contributed by atoms with Gasteiger partial charge in [0, 0.05) is 39.7 Å². The third-order valence-corrected chi connectivity index (χ3v) is 8.44. The molecule has 0 aliphatic rings. The molecule has 0 saturated carbocycles. The quantitative estimate of drug-likeness (QED) is 0.206. The van der Waals surface area contributed by atoms with E-state index in [1.165, 1.54) is 37.7 Å². The third-order valence-electron chi connectivity index (χ3n) is 8.44. The van der Waals surface area contributed by atoms with Crippen molar-refractivity contribution in [1.82, 2.24) is 19.4 Å². The lowest BCUT2D eigenvalue weighted by atomic mass is 9.90. The Morgan fingerprint density at radius 3 is 1.77 bits per heavy atom. The van der Waals surface area contributed by atoms with E-state index >= 15 is 0 Å². The summed E-state index contributed by atoms with van der Waals surface area (Å²) in [5, 5.41) is 8.56. The first-order valence-electron chi connectivity index (χ1n) is 14.5. The number of hydrogen-bond donors (Lipinski definition) is 0. The molecule has 0 atom stereocenters. The van der Waals surface area contributed by atoms with Crippen LogP contribution in [0, 0.1) is 0 Å². The molecule has 4 aromatic heterocycles. The number of para-hydroxylation sites is 1. The van der Waals surface area contributed by atoms with Gasteiger partial charge in [0.05, 0.1) is 28.3 Å². The Morgan fingerprint density at radius 1 is 0.442 bits per heavy atom. The number of aromatic nitrogens is 4. The van der Waals surface area contributed by atoms with Crippen molar-refractivity contribution in [3.8, 4) is 33.9 Å². The number of imidazole rings is 1. The standard InChI is InChI=1S/C39H24N4/c1-3-13-29-27(11-1)28-12-2-4-14-30(28)36-35(29)31-15-5-6-16-32(31)41-37(36)25-19-21-26(22-20-25)38-39(33-17-7-9-23-40-33)43-24-10-8-18-34(43)42-38/h1-24H. The molecule has 0 radical (unpaired) electrons. The first-order valence-corrected chi connectivity index (χ1v) is 14.5. The second kappa shape index (κ2) is 9.33. The molecule has 200 valence electrons. The summed E-state index contributed by atoms with van der Waals surface area (Å²) in [6.07, 6.45) is 3.87. The van der Waals surface area contributed by atoms with E-state index in [0.717, 1.165) is 45.1 Å². The van der Waals surface area contributed by atoms with Crippen molar-refractivity contribution < 1.29 is 0 Å². The maximum Gasteiger partial charge on any atom is 0.137 e. The molecule has 9 aromatic rings. The van der Waals surface area contributed by atoms with Gasteiger partial charge < -0.3 is 0 Å². The van der Waals surface area contributed by atoms with Gasteiger partial charge in [0.2, 0.25) is 0 Å². The Bertz CT molecular complexity index is 2490. The lowest BCUT2D eigenvalue weighted by Gasteiger charge is -2.16. The van der Waals surface area contributed by atoms with Gasteiger partial charge in [0.1, 0.15) is 5.65 Å². The van der Waals surface area contributed by atoms with E-state index in [2.05, 4.69) is 106 Å². The molecule has 0 saturated heterocycles. The number of hydrogen-bond acceptors (Lipinski definition) is 3. The average molecular weight is 549 g/mol. The topological polar surface area (TPSA) is 43.1 Å². The van der Waals surface area contributed by atoms with Gasteiger partial charge in [-0.05, 0) is 51.9 Å². The van der Waals surface area contributed by atoms with Crippen molar-refractivity contribution in [3.63, 3.8) is 0 Å². The monoisotopic (exact) mass is 548 g/mol. The van der Waals surface area contributed by atoms with Gasteiger partial charge in [-0.1, -0.05) is 103 Å². The summed E-state index contributed by atoms with van der Waals surface area (Å²) in [6.45, 7) is 0. The molecule has 9 rings (SSSR count). The van der Waals surface area contributed by atoms with Gasteiger partial charge in [0.25, 0.3) is 0 Å². The Hall–Kier alpha value is -5.87. The van der Waals surface area contributed by atoms with Crippen LogP contribution in [0.3, 0.4) is 0 Å². The van der Waals surface area contributed by atoms with Crippen molar-refractivity contribution >= 4 is 48.9 Å². The molecule has 4 heterocycles. The second-order valence-electron chi connectivity index (χ2n) is 10.8. The first kappa shape index (κ1) is 23.8. The lowest BCUT2D eigenvalue weighted by Crippen LogP contribution is -1.93. The maximum atomic E-state index is 5.30. The van der Waals surface area contributed by atoms with E-state index in [1.807, 2.05) is 48.8 Å². The molecule has 0 bridgehead atoms. The Labute approximate surface area is 247 Å². The molecule has 43 heavy (non-hydrogen) atoms.